The van der Waals surface area contributed by atoms with E-state index in [1.165, 1.54) is 0 Å². The fourth-order valence-corrected chi connectivity index (χ4v) is 2.06. The van der Waals surface area contributed by atoms with Crippen LogP contribution in [0.2, 0.25) is 0 Å². The normalized spacial score (nSPS) is 15.6. The van der Waals surface area contributed by atoms with E-state index in [1.54, 1.807) is 13.2 Å². The van der Waals surface area contributed by atoms with Gasteiger partial charge in [0.25, 0.3) is 0 Å². The SMILES string of the molecule is COc1cccc(CN=C=O)c1OC1CCOCC1. The molecule has 1 aromatic rings. The third-order valence-corrected chi connectivity index (χ3v) is 3.05. The van der Waals surface area contributed by atoms with Crippen LogP contribution in [0.5, 0.6) is 11.5 Å². The van der Waals surface area contributed by atoms with Gasteiger partial charge in [-0.1, -0.05) is 12.1 Å². The van der Waals surface area contributed by atoms with Gasteiger partial charge in [-0.3, -0.25) is 0 Å². The largest absolute Gasteiger partial charge is 0.493 e. The molecule has 0 spiro atoms. The van der Waals surface area contributed by atoms with Crippen LogP contribution in [0, 0.1) is 0 Å². The smallest absolute Gasteiger partial charge is 0.235 e. The van der Waals surface area contributed by atoms with Gasteiger partial charge in [0.2, 0.25) is 6.08 Å². The van der Waals surface area contributed by atoms with Crippen LogP contribution in [-0.4, -0.2) is 32.5 Å². The van der Waals surface area contributed by atoms with Gasteiger partial charge in [0.05, 0.1) is 26.9 Å². The predicted octanol–water partition coefficient (Wildman–Crippen LogP) is 2.09. The lowest BCUT2D eigenvalue weighted by atomic mass is 10.1. The Balaban J connectivity index is 2.20. The van der Waals surface area contributed by atoms with Crippen LogP contribution in [0.4, 0.5) is 0 Å². The third-order valence-electron chi connectivity index (χ3n) is 3.05. The highest BCUT2D eigenvalue weighted by Crippen LogP contribution is 2.33. The third kappa shape index (κ3) is 3.56. The van der Waals surface area contributed by atoms with Crippen molar-refractivity contribution >= 4 is 6.08 Å². The Kier molecular flexibility index (Phi) is 4.95. The van der Waals surface area contributed by atoms with Crippen LogP contribution in [-0.2, 0) is 16.1 Å². The topological polar surface area (TPSA) is 57.1 Å². The standard InChI is InChI=1S/C14H17NO4/c1-17-13-4-2-3-11(9-15-10-16)14(13)19-12-5-7-18-8-6-12/h2-4,12H,5-9H2,1H3. The van der Waals surface area contributed by atoms with E-state index < -0.39 is 0 Å². The second kappa shape index (κ2) is 6.92. The number of para-hydroxylation sites is 1. The van der Waals surface area contributed by atoms with E-state index in [2.05, 4.69) is 4.99 Å². The molecule has 0 N–H and O–H groups in total. The second-order valence-electron chi connectivity index (χ2n) is 4.29. The molecule has 0 saturated carbocycles. The molecule has 1 aromatic carbocycles. The molecule has 5 heteroatoms. The molecule has 0 atom stereocenters. The maximum absolute atomic E-state index is 10.3. The van der Waals surface area contributed by atoms with Gasteiger partial charge in [0.15, 0.2) is 11.5 Å². The number of nitrogens with zero attached hydrogens (tertiary/aromatic N) is 1. The zero-order chi connectivity index (χ0) is 13.5. The summed E-state index contributed by atoms with van der Waals surface area (Å²) in [6.07, 6.45) is 3.37. The Labute approximate surface area is 112 Å². The van der Waals surface area contributed by atoms with Crippen LogP contribution < -0.4 is 9.47 Å². The first-order valence-corrected chi connectivity index (χ1v) is 6.29. The quantitative estimate of drug-likeness (QED) is 0.603. The molecule has 102 valence electrons. The number of hydrogen-bond acceptors (Lipinski definition) is 5. The molecule has 1 saturated heterocycles. The maximum atomic E-state index is 10.3. The fourth-order valence-electron chi connectivity index (χ4n) is 2.06. The van der Waals surface area contributed by atoms with Crippen LogP contribution in [0.1, 0.15) is 18.4 Å². The fraction of sp³-hybridized carbons (Fsp3) is 0.500. The summed E-state index contributed by atoms with van der Waals surface area (Å²) in [6, 6.07) is 5.56. The number of ether oxygens (including phenoxy) is 3. The minimum absolute atomic E-state index is 0.115. The zero-order valence-electron chi connectivity index (χ0n) is 10.9. The lowest BCUT2D eigenvalue weighted by Gasteiger charge is -2.25. The van der Waals surface area contributed by atoms with Gasteiger partial charge in [0, 0.05) is 18.4 Å². The number of hydrogen-bond donors (Lipinski definition) is 0. The first kappa shape index (κ1) is 13.6. The van der Waals surface area contributed by atoms with Gasteiger partial charge in [-0.25, -0.2) is 9.79 Å². The molecule has 0 radical (unpaired) electrons. The van der Waals surface area contributed by atoms with E-state index in [0.29, 0.717) is 24.7 Å². The minimum Gasteiger partial charge on any atom is -0.493 e. The molecule has 1 fully saturated rings. The molecular weight excluding hydrogens is 246 g/mol. The van der Waals surface area contributed by atoms with Crippen molar-refractivity contribution in [1.82, 2.24) is 0 Å². The van der Waals surface area contributed by atoms with E-state index in [-0.39, 0.29) is 12.6 Å². The number of carbonyl (C=O) groups excluding carboxylic acids is 1. The molecule has 0 bridgehead atoms. The zero-order valence-corrected chi connectivity index (χ0v) is 10.9. The Bertz CT molecular complexity index is 463. The summed E-state index contributed by atoms with van der Waals surface area (Å²) in [5.74, 6) is 1.32. The molecular formula is C14H17NO4. The summed E-state index contributed by atoms with van der Waals surface area (Å²) in [4.78, 5) is 13.9. The van der Waals surface area contributed by atoms with E-state index in [1.807, 2.05) is 18.2 Å². The van der Waals surface area contributed by atoms with E-state index in [4.69, 9.17) is 14.2 Å². The van der Waals surface area contributed by atoms with Crippen LogP contribution in [0.3, 0.4) is 0 Å². The van der Waals surface area contributed by atoms with Crippen molar-refractivity contribution in [1.29, 1.82) is 0 Å². The lowest BCUT2D eigenvalue weighted by molar-refractivity contribution is 0.0241. The second-order valence-corrected chi connectivity index (χ2v) is 4.29. The lowest BCUT2D eigenvalue weighted by Crippen LogP contribution is -2.26. The van der Waals surface area contributed by atoms with Crippen molar-refractivity contribution in [2.75, 3.05) is 20.3 Å². The van der Waals surface area contributed by atoms with Gasteiger partial charge in [0.1, 0.15) is 6.10 Å². The summed E-state index contributed by atoms with van der Waals surface area (Å²) in [7, 11) is 1.60. The molecule has 0 unspecified atom stereocenters. The van der Waals surface area contributed by atoms with E-state index in [0.717, 1.165) is 18.4 Å². The molecule has 0 aromatic heterocycles. The van der Waals surface area contributed by atoms with Gasteiger partial charge in [-0.05, 0) is 6.07 Å². The first-order chi connectivity index (χ1) is 9.35. The van der Waals surface area contributed by atoms with E-state index in [9.17, 15) is 4.79 Å². The highest BCUT2D eigenvalue weighted by molar-refractivity contribution is 5.47. The van der Waals surface area contributed by atoms with Crippen molar-refractivity contribution in [2.24, 2.45) is 4.99 Å². The molecule has 1 aliphatic heterocycles. The highest BCUT2D eigenvalue weighted by atomic mass is 16.5. The van der Waals surface area contributed by atoms with Crippen molar-refractivity contribution in [3.63, 3.8) is 0 Å². The number of methoxy groups -OCH3 is 1. The predicted molar refractivity (Wildman–Crippen MR) is 69.3 cm³/mol. The number of aliphatic imine (C=N–C) groups is 1. The minimum atomic E-state index is 0.115. The van der Waals surface area contributed by atoms with Gasteiger partial charge in [-0.15, -0.1) is 0 Å². The first-order valence-electron chi connectivity index (χ1n) is 6.29. The van der Waals surface area contributed by atoms with E-state index >= 15 is 0 Å². The summed E-state index contributed by atoms with van der Waals surface area (Å²) < 4.78 is 16.6. The molecule has 5 nitrogen and oxygen atoms in total. The average molecular weight is 263 g/mol. The Morgan fingerprint density at radius 2 is 2.21 bits per heavy atom. The van der Waals surface area contributed by atoms with Crippen molar-refractivity contribution in [2.45, 2.75) is 25.5 Å². The van der Waals surface area contributed by atoms with Gasteiger partial charge < -0.3 is 14.2 Å². The van der Waals surface area contributed by atoms with Crippen molar-refractivity contribution in [3.8, 4) is 11.5 Å². The number of rotatable bonds is 5. The molecule has 1 aliphatic rings. The summed E-state index contributed by atoms with van der Waals surface area (Å²) in [6.45, 7) is 1.67. The highest BCUT2D eigenvalue weighted by Gasteiger charge is 2.19. The molecule has 0 amide bonds. The molecule has 19 heavy (non-hydrogen) atoms. The summed E-state index contributed by atoms with van der Waals surface area (Å²) in [5.41, 5.74) is 0.828. The maximum Gasteiger partial charge on any atom is 0.235 e. The van der Waals surface area contributed by atoms with Crippen LogP contribution in [0.25, 0.3) is 0 Å². The molecule has 0 aliphatic carbocycles. The molecule has 2 rings (SSSR count). The van der Waals surface area contributed by atoms with Crippen LogP contribution >= 0.6 is 0 Å². The van der Waals surface area contributed by atoms with Gasteiger partial charge >= 0.3 is 0 Å². The van der Waals surface area contributed by atoms with Crippen molar-refractivity contribution < 1.29 is 19.0 Å². The summed E-state index contributed by atoms with van der Waals surface area (Å²) >= 11 is 0. The van der Waals surface area contributed by atoms with Gasteiger partial charge in [-0.2, -0.15) is 0 Å². The van der Waals surface area contributed by atoms with Crippen molar-refractivity contribution in [3.05, 3.63) is 23.8 Å². The Morgan fingerprint density at radius 3 is 2.89 bits per heavy atom. The molecule has 1 heterocycles. The Hall–Kier alpha value is -1.84. The number of isocyanates is 1. The summed E-state index contributed by atoms with van der Waals surface area (Å²) in [5, 5.41) is 0. The monoisotopic (exact) mass is 263 g/mol. The Morgan fingerprint density at radius 1 is 1.42 bits per heavy atom. The average Bonchev–Trinajstić information content (AvgIpc) is 2.47. The van der Waals surface area contributed by atoms with Crippen LogP contribution in [0.15, 0.2) is 23.2 Å². The number of benzene rings is 1.